The predicted molar refractivity (Wildman–Crippen MR) is 97.1 cm³/mol. The summed E-state index contributed by atoms with van der Waals surface area (Å²) >= 11 is 0. The van der Waals surface area contributed by atoms with Crippen LogP contribution in [0.2, 0.25) is 0 Å². The Balaban J connectivity index is 1.80. The molecule has 2 heterocycles. The Labute approximate surface area is 152 Å². The number of anilines is 1. The lowest BCUT2D eigenvalue weighted by Gasteiger charge is -2.19. The third kappa shape index (κ3) is 4.35. The Bertz CT molecular complexity index is 761. The quantitative estimate of drug-likeness (QED) is 0.792. The summed E-state index contributed by atoms with van der Waals surface area (Å²) in [5, 5.41) is 12.5. The predicted octanol–water partition coefficient (Wildman–Crippen LogP) is 2.97. The number of aromatic carboxylic acids is 1. The van der Waals surface area contributed by atoms with Gasteiger partial charge in [-0.3, -0.25) is 0 Å². The van der Waals surface area contributed by atoms with Crippen LogP contribution in [-0.2, 0) is 0 Å². The van der Waals surface area contributed by atoms with Gasteiger partial charge < -0.3 is 15.3 Å². The van der Waals surface area contributed by atoms with Gasteiger partial charge in [0.05, 0.1) is 11.9 Å². The minimum Gasteiger partial charge on any atom is -0.476 e. The van der Waals surface area contributed by atoms with Gasteiger partial charge in [-0.05, 0) is 43.6 Å². The first-order valence-electron chi connectivity index (χ1n) is 8.86. The number of nitrogens with zero attached hydrogens (tertiary/aromatic N) is 3. The van der Waals surface area contributed by atoms with Gasteiger partial charge in [-0.2, -0.15) is 0 Å². The molecule has 7 heteroatoms. The molecule has 26 heavy (non-hydrogen) atoms. The Hall–Kier alpha value is -2.54. The third-order valence-electron chi connectivity index (χ3n) is 4.72. The number of halogens is 1. The average molecular weight is 358 g/mol. The molecule has 1 atom stereocenters. The number of benzene rings is 1. The third-order valence-corrected chi connectivity index (χ3v) is 4.72. The van der Waals surface area contributed by atoms with E-state index in [0.29, 0.717) is 18.1 Å². The molecule has 1 aromatic heterocycles. The maximum Gasteiger partial charge on any atom is 0.356 e. The van der Waals surface area contributed by atoms with Crippen molar-refractivity contribution in [3.05, 3.63) is 53.2 Å². The molecule has 1 aromatic carbocycles. The van der Waals surface area contributed by atoms with Gasteiger partial charge in [0.2, 0.25) is 0 Å². The van der Waals surface area contributed by atoms with Gasteiger partial charge in [-0.1, -0.05) is 19.1 Å². The van der Waals surface area contributed by atoms with E-state index < -0.39 is 5.97 Å². The van der Waals surface area contributed by atoms with Crippen molar-refractivity contribution in [2.45, 2.75) is 25.7 Å². The molecule has 0 spiro atoms. The molecule has 1 aliphatic rings. The first-order chi connectivity index (χ1) is 12.5. The van der Waals surface area contributed by atoms with Crippen molar-refractivity contribution in [1.29, 1.82) is 0 Å². The van der Waals surface area contributed by atoms with Crippen LogP contribution in [0, 0.1) is 5.82 Å². The lowest BCUT2D eigenvalue weighted by atomic mass is 9.97. The van der Waals surface area contributed by atoms with Crippen LogP contribution in [0.25, 0.3) is 0 Å². The Morgan fingerprint density at radius 1 is 1.31 bits per heavy atom. The molecular weight excluding hydrogens is 335 g/mol. The van der Waals surface area contributed by atoms with Gasteiger partial charge in [0.1, 0.15) is 11.6 Å². The summed E-state index contributed by atoms with van der Waals surface area (Å²) in [4.78, 5) is 22.2. The normalized spacial score (nSPS) is 15.8. The zero-order valence-corrected chi connectivity index (χ0v) is 14.8. The summed E-state index contributed by atoms with van der Waals surface area (Å²) in [5.41, 5.74) is 1.31. The number of hydrogen-bond acceptors (Lipinski definition) is 5. The lowest BCUT2D eigenvalue weighted by molar-refractivity contribution is 0.0689. The Morgan fingerprint density at radius 2 is 2.00 bits per heavy atom. The molecule has 0 amide bonds. The van der Waals surface area contributed by atoms with Gasteiger partial charge in [-0.25, -0.2) is 19.2 Å². The number of rotatable bonds is 7. The number of hydrogen-bond donors (Lipinski definition) is 2. The van der Waals surface area contributed by atoms with Crippen molar-refractivity contribution in [3.8, 4) is 0 Å². The zero-order valence-electron chi connectivity index (χ0n) is 14.8. The van der Waals surface area contributed by atoms with Gasteiger partial charge in [0.25, 0.3) is 0 Å². The molecule has 0 radical (unpaired) electrons. The van der Waals surface area contributed by atoms with E-state index in [1.807, 2.05) is 6.92 Å². The monoisotopic (exact) mass is 358 g/mol. The molecule has 3 rings (SSSR count). The molecular formula is C19H23FN4O2. The highest BCUT2D eigenvalue weighted by molar-refractivity contribution is 5.85. The van der Waals surface area contributed by atoms with E-state index in [9.17, 15) is 14.3 Å². The highest BCUT2D eigenvalue weighted by atomic mass is 19.1. The minimum atomic E-state index is -1.12. The molecule has 2 N–H and O–H groups in total. The summed E-state index contributed by atoms with van der Waals surface area (Å²) in [6.07, 6.45) is 3.74. The molecule has 1 unspecified atom stereocenters. The maximum absolute atomic E-state index is 13.2. The van der Waals surface area contributed by atoms with Crippen LogP contribution in [0.1, 0.15) is 47.4 Å². The standard InChI is InChI=1S/C19H23FN4O2/c1-13(14-4-6-15(20)7-5-14)17-18(22-12-16(23-17)19(25)26)21-8-11-24-9-2-3-10-24/h4-7,12-13H,2-3,8-11H2,1H3,(H,21,22)(H,25,26). The van der Waals surface area contributed by atoms with Crippen molar-refractivity contribution in [1.82, 2.24) is 14.9 Å². The van der Waals surface area contributed by atoms with Crippen LogP contribution in [0.3, 0.4) is 0 Å². The molecule has 1 fully saturated rings. The molecule has 1 saturated heterocycles. The summed E-state index contributed by atoms with van der Waals surface area (Å²) in [7, 11) is 0. The van der Waals surface area contributed by atoms with E-state index in [-0.39, 0.29) is 17.4 Å². The zero-order chi connectivity index (χ0) is 18.5. The van der Waals surface area contributed by atoms with Crippen molar-refractivity contribution in [2.24, 2.45) is 0 Å². The van der Waals surface area contributed by atoms with E-state index >= 15 is 0 Å². The van der Waals surface area contributed by atoms with Gasteiger partial charge in [0.15, 0.2) is 5.69 Å². The fourth-order valence-corrected chi connectivity index (χ4v) is 3.19. The van der Waals surface area contributed by atoms with E-state index in [2.05, 4.69) is 20.2 Å². The van der Waals surface area contributed by atoms with Crippen LogP contribution in [0.4, 0.5) is 10.2 Å². The van der Waals surface area contributed by atoms with Crippen molar-refractivity contribution >= 4 is 11.8 Å². The summed E-state index contributed by atoms with van der Waals surface area (Å²) in [6.45, 7) is 5.76. The second kappa shape index (κ2) is 8.23. The Morgan fingerprint density at radius 3 is 2.65 bits per heavy atom. The smallest absolute Gasteiger partial charge is 0.356 e. The molecule has 1 aliphatic heterocycles. The fourth-order valence-electron chi connectivity index (χ4n) is 3.19. The minimum absolute atomic E-state index is 0.0981. The lowest BCUT2D eigenvalue weighted by Crippen LogP contribution is -2.26. The number of carboxylic acids is 1. The summed E-state index contributed by atoms with van der Waals surface area (Å²) in [6, 6.07) is 6.15. The van der Waals surface area contributed by atoms with Gasteiger partial charge in [0, 0.05) is 19.0 Å². The molecule has 6 nitrogen and oxygen atoms in total. The largest absolute Gasteiger partial charge is 0.476 e. The Kier molecular flexibility index (Phi) is 5.78. The number of aromatic nitrogens is 2. The fraction of sp³-hybridized carbons (Fsp3) is 0.421. The number of nitrogens with one attached hydrogen (secondary N) is 1. The molecule has 2 aromatic rings. The van der Waals surface area contributed by atoms with E-state index in [0.717, 1.165) is 25.2 Å². The van der Waals surface area contributed by atoms with Crippen molar-refractivity contribution in [3.63, 3.8) is 0 Å². The summed E-state index contributed by atoms with van der Waals surface area (Å²) in [5.74, 6) is -1.06. The molecule has 138 valence electrons. The topological polar surface area (TPSA) is 78.3 Å². The van der Waals surface area contributed by atoms with Crippen molar-refractivity contribution < 1.29 is 14.3 Å². The first kappa shape index (κ1) is 18.3. The van der Waals surface area contributed by atoms with Crippen LogP contribution in [0.5, 0.6) is 0 Å². The van der Waals surface area contributed by atoms with Crippen molar-refractivity contribution in [2.75, 3.05) is 31.5 Å². The van der Waals surface area contributed by atoms with E-state index in [4.69, 9.17) is 0 Å². The molecule has 0 saturated carbocycles. The highest BCUT2D eigenvalue weighted by Gasteiger charge is 2.19. The van der Waals surface area contributed by atoms with Crippen LogP contribution < -0.4 is 5.32 Å². The van der Waals surface area contributed by atoms with Crippen LogP contribution >= 0.6 is 0 Å². The number of carbonyl (C=O) groups is 1. The van der Waals surface area contributed by atoms with E-state index in [1.165, 1.54) is 31.2 Å². The van der Waals surface area contributed by atoms with Crippen LogP contribution in [-0.4, -0.2) is 52.1 Å². The summed E-state index contributed by atoms with van der Waals surface area (Å²) < 4.78 is 13.2. The first-order valence-corrected chi connectivity index (χ1v) is 8.86. The number of carboxylic acid groups (broad SMARTS) is 1. The average Bonchev–Trinajstić information content (AvgIpc) is 3.15. The number of likely N-dealkylation sites (tertiary alicyclic amines) is 1. The second-order valence-corrected chi connectivity index (χ2v) is 6.54. The van der Waals surface area contributed by atoms with Gasteiger partial charge >= 0.3 is 5.97 Å². The van der Waals surface area contributed by atoms with Crippen LogP contribution in [0.15, 0.2) is 30.5 Å². The van der Waals surface area contributed by atoms with Gasteiger partial charge in [-0.15, -0.1) is 0 Å². The molecule has 0 bridgehead atoms. The molecule has 0 aliphatic carbocycles. The van der Waals surface area contributed by atoms with E-state index in [1.54, 1.807) is 12.1 Å². The maximum atomic E-state index is 13.2. The SMILES string of the molecule is CC(c1ccc(F)cc1)c1nc(C(=O)O)cnc1NCCN1CCCC1. The second-order valence-electron chi connectivity index (χ2n) is 6.54. The highest BCUT2D eigenvalue weighted by Crippen LogP contribution is 2.27.